The van der Waals surface area contributed by atoms with Gasteiger partial charge in [-0.25, -0.2) is 9.97 Å². The summed E-state index contributed by atoms with van der Waals surface area (Å²) in [5.74, 6) is 0.682. The van der Waals surface area contributed by atoms with Gasteiger partial charge in [-0.1, -0.05) is 158 Å². The highest BCUT2D eigenvalue weighted by molar-refractivity contribution is 6.25. The molecule has 0 saturated carbocycles. The van der Waals surface area contributed by atoms with Crippen LogP contribution in [0.3, 0.4) is 0 Å². The van der Waals surface area contributed by atoms with Crippen LogP contribution in [0.1, 0.15) is 0 Å². The average Bonchev–Trinajstić information content (AvgIpc) is 3.69. The SMILES string of the molecule is c1ccc(-c2cc(-c3cccc4oc5cc(-c6cccc(N(c7ccccc7)c7ccc8ccccc8c7)c6)c6ccccc6c5c34)nc(-c3ccccc3)n2)cc1. The molecule has 58 heavy (non-hydrogen) atoms. The van der Waals surface area contributed by atoms with Gasteiger partial charge in [0.25, 0.3) is 0 Å². The van der Waals surface area contributed by atoms with Gasteiger partial charge in [-0.05, 0) is 87.3 Å². The third-order valence-corrected chi connectivity index (χ3v) is 11.0. The molecule has 0 saturated heterocycles. The summed E-state index contributed by atoms with van der Waals surface area (Å²) in [4.78, 5) is 12.6. The van der Waals surface area contributed by atoms with Gasteiger partial charge in [-0.2, -0.15) is 0 Å². The van der Waals surface area contributed by atoms with Gasteiger partial charge in [0.1, 0.15) is 11.2 Å². The molecular formula is C54H35N3O. The Hall–Kier alpha value is -7.82. The summed E-state index contributed by atoms with van der Waals surface area (Å²) >= 11 is 0. The van der Waals surface area contributed by atoms with Gasteiger partial charge in [0.15, 0.2) is 5.82 Å². The van der Waals surface area contributed by atoms with E-state index in [4.69, 9.17) is 14.4 Å². The first kappa shape index (κ1) is 33.5. The molecule has 0 unspecified atom stereocenters. The second-order valence-corrected chi connectivity index (χ2v) is 14.6. The van der Waals surface area contributed by atoms with Gasteiger partial charge in [0, 0.05) is 44.5 Å². The van der Waals surface area contributed by atoms with E-state index in [1.54, 1.807) is 0 Å². The van der Waals surface area contributed by atoms with Crippen molar-refractivity contribution < 1.29 is 4.42 Å². The van der Waals surface area contributed by atoms with Gasteiger partial charge in [0.05, 0.1) is 11.4 Å². The third-order valence-electron chi connectivity index (χ3n) is 11.0. The molecule has 2 heterocycles. The number of furan rings is 1. The largest absolute Gasteiger partial charge is 0.456 e. The van der Waals surface area contributed by atoms with Gasteiger partial charge in [-0.15, -0.1) is 0 Å². The molecule has 0 N–H and O–H groups in total. The Morgan fingerprint density at radius 3 is 1.78 bits per heavy atom. The van der Waals surface area contributed by atoms with Crippen molar-refractivity contribution in [3.05, 3.63) is 212 Å². The number of anilines is 3. The van der Waals surface area contributed by atoms with E-state index < -0.39 is 0 Å². The second-order valence-electron chi connectivity index (χ2n) is 14.6. The maximum atomic E-state index is 6.82. The molecule has 0 aliphatic carbocycles. The van der Waals surface area contributed by atoms with Gasteiger partial charge in [-0.3, -0.25) is 0 Å². The van der Waals surface area contributed by atoms with Crippen LogP contribution in [0.2, 0.25) is 0 Å². The Bertz CT molecular complexity index is 3230. The number of fused-ring (bicyclic) bond motifs is 6. The minimum atomic E-state index is 0.682. The van der Waals surface area contributed by atoms with E-state index in [0.717, 1.165) is 89.0 Å². The van der Waals surface area contributed by atoms with Gasteiger partial charge >= 0.3 is 0 Å². The van der Waals surface area contributed by atoms with E-state index in [-0.39, 0.29) is 0 Å². The number of nitrogens with zero attached hydrogens (tertiary/aromatic N) is 3. The zero-order valence-corrected chi connectivity index (χ0v) is 31.5. The number of para-hydroxylation sites is 1. The van der Waals surface area contributed by atoms with Crippen molar-refractivity contribution in [2.75, 3.05) is 4.90 Å². The Morgan fingerprint density at radius 1 is 0.345 bits per heavy atom. The van der Waals surface area contributed by atoms with Gasteiger partial charge in [0.2, 0.25) is 0 Å². The molecule has 0 aliphatic heterocycles. The fourth-order valence-corrected chi connectivity index (χ4v) is 8.34. The minimum Gasteiger partial charge on any atom is -0.456 e. The molecule has 4 nitrogen and oxygen atoms in total. The molecule has 0 spiro atoms. The molecule has 11 rings (SSSR count). The summed E-state index contributed by atoms with van der Waals surface area (Å²) in [7, 11) is 0. The van der Waals surface area contributed by atoms with Crippen molar-refractivity contribution >= 4 is 60.5 Å². The molecular weight excluding hydrogens is 707 g/mol. The van der Waals surface area contributed by atoms with Crippen LogP contribution in [0.5, 0.6) is 0 Å². The van der Waals surface area contributed by atoms with Crippen molar-refractivity contribution in [1.82, 2.24) is 9.97 Å². The van der Waals surface area contributed by atoms with Crippen LogP contribution in [0.15, 0.2) is 217 Å². The maximum absolute atomic E-state index is 6.82. The first-order valence-corrected chi connectivity index (χ1v) is 19.6. The monoisotopic (exact) mass is 741 g/mol. The standard InChI is InChI=1S/C54H35N3O/c1-4-17-37(18-5-1)48-35-49(56-54(55-48)38-19-6-2-7-20-38)46-28-15-29-50-53(46)52-45-27-13-12-26-44(45)47(34-51(52)58-50)40-22-14-25-42(33-40)57(41-23-8-3-9-24-41)43-31-30-36-16-10-11-21-39(36)32-43/h1-35H. The molecule has 0 atom stereocenters. The lowest BCUT2D eigenvalue weighted by Gasteiger charge is -2.26. The highest BCUT2D eigenvalue weighted by Gasteiger charge is 2.21. The predicted octanol–water partition coefficient (Wildman–Crippen LogP) is 14.8. The molecule has 0 amide bonds. The highest BCUT2D eigenvalue weighted by Crippen LogP contribution is 2.45. The smallest absolute Gasteiger partial charge is 0.160 e. The first-order chi connectivity index (χ1) is 28.7. The summed E-state index contributed by atoms with van der Waals surface area (Å²) < 4.78 is 6.82. The lowest BCUT2D eigenvalue weighted by Crippen LogP contribution is -2.09. The van der Waals surface area contributed by atoms with E-state index in [0.29, 0.717) is 5.82 Å². The predicted molar refractivity (Wildman–Crippen MR) is 241 cm³/mol. The van der Waals surface area contributed by atoms with Crippen LogP contribution in [-0.4, -0.2) is 9.97 Å². The summed E-state index contributed by atoms with van der Waals surface area (Å²) in [5, 5.41) is 6.81. The zero-order chi connectivity index (χ0) is 38.4. The fourth-order valence-electron chi connectivity index (χ4n) is 8.34. The van der Waals surface area contributed by atoms with Crippen LogP contribution in [-0.2, 0) is 0 Å². The minimum absolute atomic E-state index is 0.682. The van der Waals surface area contributed by atoms with E-state index in [2.05, 4.69) is 181 Å². The maximum Gasteiger partial charge on any atom is 0.160 e. The Labute approximate surface area is 335 Å². The first-order valence-electron chi connectivity index (χ1n) is 19.6. The molecule has 0 fully saturated rings. The molecule has 9 aromatic carbocycles. The van der Waals surface area contributed by atoms with Crippen molar-refractivity contribution in [1.29, 1.82) is 0 Å². The summed E-state index contributed by atoms with van der Waals surface area (Å²) in [6.45, 7) is 0. The van der Waals surface area contributed by atoms with E-state index >= 15 is 0 Å². The van der Waals surface area contributed by atoms with E-state index in [9.17, 15) is 0 Å². The molecule has 0 radical (unpaired) electrons. The summed E-state index contributed by atoms with van der Waals surface area (Å²) in [6.07, 6.45) is 0. The van der Waals surface area contributed by atoms with Crippen LogP contribution >= 0.6 is 0 Å². The van der Waals surface area contributed by atoms with E-state index in [1.165, 1.54) is 10.8 Å². The van der Waals surface area contributed by atoms with Crippen molar-refractivity contribution in [3.8, 4) is 45.0 Å². The van der Waals surface area contributed by atoms with Crippen molar-refractivity contribution in [2.24, 2.45) is 0 Å². The van der Waals surface area contributed by atoms with Gasteiger partial charge < -0.3 is 9.32 Å². The quantitative estimate of drug-likeness (QED) is 0.163. The molecule has 2 aromatic heterocycles. The Kier molecular flexibility index (Phi) is 8.11. The van der Waals surface area contributed by atoms with Crippen LogP contribution in [0.25, 0.3) is 88.5 Å². The number of benzene rings is 9. The zero-order valence-electron chi connectivity index (χ0n) is 31.5. The normalized spacial score (nSPS) is 11.4. The number of hydrogen-bond donors (Lipinski definition) is 0. The topological polar surface area (TPSA) is 42.2 Å². The fraction of sp³-hybridized carbons (Fsp3) is 0. The average molecular weight is 742 g/mol. The Morgan fingerprint density at radius 2 is 0.966 bits per heavy atom. The molecule has 272 valence electrons. The molecule has 11 aromatic rings. The van der Waals surface area contributed by atoms with Crippen LogP contribution in [0, 0.1) is 0 Å². The lowest BCUT2D eigenvalue weighted by molar-refractivity contribution is 0.669. The third kappa shape index (κ3) is 5.87. The second kappa shape index (κ2) is 14.0. The molecule has 0 aliphatic rings. The number of aromatic nitrogens is 2. The lowest BCUT2D eigenvalue weighted by atomic mass is 9.93. The van der Waals surface area contributed by atoms with Crippen LogP contribution in [0.4, 0.5) is 17.1 Å². The van der Waals surface area contributed by atoms with E-state index in [1.807, 2.05) is 36.4 Å². The Balaban J connectivity index is 1.10. The van der Waals surface area contributed by atoms with Crippen LogP contribution < -0.4 is 4.90 Å². The highest BCUT2D eigenvalue weighted by atomic mass is 16.3. The summed E-state index contributed by atoms with van der Waals surface area (Å²) in [5.41, 5.74) is 11.8. The molecule has 4 heteroatoms. The van der Waals surface area contributed by atoms with Crippen molar-refractivity contribution in [3.63, 3.8) is 0 Å². The molecule has 0 bridgehead atoms. The number of rotatable bonds is 7. The van der Waals surface area contributed by atoms with Crippen molar-refractivity contribution in [2.45, 2.75) is 0 Å². The summed E-state index contributed by atoms with van der Waals surface area (Å²) in [6, 6.07) is 74.4. The number of hydrogen-bond acceptors (Lipinski definition) is 4.